The lowest BCUT2D eigenvalue weighted by molar-refractivity contribution is -0.139. The summed E-state index contributed by atoms with van der Waals surface area (Å²) in [7, 11) is 0. The van der Waals surface area contributed by atoms with Crippen LogP contribution in [0.25, 0.3) is 0 Å². The van der Waals surface area contributed by atoms with E-state index in [0.717, 1.165) is 0 Å². The molecule has 0 aliphatic heterocycles. The molecular weight excluding hydrogens is 323 g/mol. The van der Waals surface area contributed by atoms with Crippen molar-refractivity contribution in [1.82, 2.24) is 10.3 Å². The molecule has 2 aromatic rings. The minimum absolute atomic E-state index is 0.0684. The summed E-state index contributed by atoms with van der Waals surface area (Å²) in [5.74, 6) is -1.78. The van der Waals surface area contributed by atoms with Crippen molar-refractivity contribution < 1.29 is 14.7 Å². The molecule has 0 saturated carbocycles. The van der Waals surface area contributed by atoms with E-state index in [2.05, 4.69) is 10.3 Å². The number of carbonyl (C=O) groups is 2. The molecule has 0 fully saturated rings. The van der Waals surface area contributed by atoms with E-state index in [1.807, 2.05) is 0 Å². The van der Waals surface area contributed by atoms with Crippen LogP contribution in [0.4, 0.5) is 0 Å². The highest BCUT2D eigenvalue weighted by molar-refractivity contribution is 7.10. The Morgan fingerprint density at radius 2 is 2.05 bits per heavy atom. The second-order valence-corrected chi connectivity index (χ2v) is 5.46. The van der Waals surface area contributed by atoms with Crippen molar-refractivity contribution in [3.63, 3.8) is 0 Å². The number of nitrogens with one attached hydrogen (secondary N) is 1. The maximum absolute atomic E-state index is 12.0. The number of hydrogen-bond acceptors (Lipinski definition) is 4. The molecule has 2 N–H and O–H groups in total. The third-order valence-corrected chi connectivity index (χ3v) is 3.85. The van der Waals surface area contributed by atoms with Gasteiger partial charge in [0.25, 0.3) is 5.91 Å². The number of amides is 1. The molecule has 0 aliphatic carbocycles. The standard InChI is InChI=1S/C12H8Cl2N2O3S/c13-8-4-3-6(10(14)15-8)11(17)16-9(12(18)19)7-2-1-5-20-7/h1-5,9H,(H,16,17)(H,18,19). The molecule has 2 heterocycles. The Bertz CT molecular complexity index is 646. The molecular formula is C12H8Cl2N2O3S. The van der Waals surface area contributed by atoms with Gasteiger partial charge >= 0.3 is 5.97 Å². The fourth-order valence-electron chi connectivity index (χ4n) is 1.50. The number of carbonyl (C=O) groups excluding carboxylic acids is 1. The molecule has 0 spiro atoms. The number of nitrogens with zero attached hydrogens (tertiary/aromatic N) is 1. The Balaban J connectivity index is 2.23. The SMILES string of the molecule is O=C(NC(C(=O)O)c1cccs1)c1ccc(Cl)nc1Cl. The number of aliphatic carboxylic acids is 1. The molecule has 0 aromatic carbocycles. The minimum atomic E-state index is -1.15. The summed E-state index contributed by atoms with van der Waals surface area (Å²) in [6, 6.07) is 5.00. The quantitative estimate of drug-likeness (QED) is 0.844. The van der Waals surface area contributed by atoms with Crippen LogP contribution < -0.4 is 5.32 Å². The normalized spacial score (nSPS) is 11.9. The van der Waals surface area contributed by atoms with Crippen molar-refractivity contribution in [3.05, 3.63) is 50.4 Å². The summed E-state index contributed by atoms with van der Waals surface area (Å²) in [4.78, 5) is 27.5. The second kappa shape index (κ2) is 6.21. The van der Waals surface area contributed by atoms with Gasteiger partial charge in [-0.1, -0.05) is 29.3 Å². The van der Waals surface area contributed by atoms with Gasteiger partial charge in [-0.3, -0.25) is 4.79 Å². The maximum Gasteiger partial charge on any atom is 0.331 e. The van der Waals surface area contributed by atoms with Crippen LogP contribution >= 0.6 is 34.5 Å². The smallest absolute Gasteiger partial charge is 0.331 e. The van der Waals surface area contributed by atoms with Gasteiger partial charge in [0.1, 0.15) is 10.3 Å². The van der Waals surface area contributed by atoms with Crippen molar-refractivity contribution >= 4 is 46.4 Å². The fourth-order valence-corrected chi connectivity index (χ4v) is 2.70. The van der Waals surface area contributed by atoms with Crippen LogP contribution in [0.15, 0.2) is 29.6 Å². The second-order valence-electron chi connectivity index (χ2n) is 3.73. The van der Waals surface area contributed by atoms with Crippen LogP contribution in [-0.4, -0.2) is 22.0 Å². The van der Waals surface area contributed by atoms with Crippen LogP contribution in [0.2, 0.25) is 10.3 Å². The zero-order chi connectivity index (χ0) is 14.7. The van der Waals surface area contributed by atoms with Crippen molar-refractivity contribution in [3.8, 4) is 0 Å². The number of aromatic nitrogens is 1. The molecule has 0 saturated heterocycles. The largest absolute Gasteiger partial charge is 0.479 e. The highest BCUT2D eigenvalue weighted by Crippen LogP contribution is 2.21. The van der Waals surface area contributed by atoms with E-state index in [0.29, 0.717) is 4.88 Å². The number of carboxylic acid groups (broad SMARTS) is 1. The van der Waals surface area contributed by atoms with E-state index in [4.69, 9.17) is 23.2 Å². The van der Waals surface area contributed by atoms with Crippen molar-refractivity contribution in [2.24, 2.45) is 0 Å². The van der Waals surface area contributed by atoms with E-state index >= 15 is 0 Å². The number of pyridine rings is 1. The van der Waals surface area contributed by atoms with Gasteiger partial charge in [0.15, 0.2) is 6.04 Å². The Morgan fingerprint density at radius 1 is 1.30 bits per heavy atom. The number of thiophene rings is 1. The van der Waals surface area contributed by atoms with Crippen molar-refractivity contribution in [1.29, 1.82) is 0 Å². The predicted molar refractivity (Wildman–Crippen MR) is 76.4 cm³/mol. The van der Waals surface area contributed by atoms with Gasteiger partial charge < -0.3 is 10.4 Å². The van der Waals surface area contributed by atoms with Crippen LogP contribution in [0.3, 0.4) is 0 Å². The highest BCUT2D eigenvalue weighted by atomic mass is 35.5. The van der Waals surface area contributed by atoms with Crippen LogP contribution in [0.5, 0.6) is 0 Å². The van der Waals surface area contributed by atoms with E-state index in [1.54, 1.807) is 17.5 Å². The third-order valence-electron chi connectivity index (χ3n) is 2.41. The lowest BCUT2D eigenvalue weighted by Crippen LogP contribution is -2.33. The predicted octanol–water partition coefficient (Wildman–Crippen LogP) is 3.01. The Morgan fingerprint density at radius 3 is 2.60 bits per heavy atom. The molecule has 0 radical (unpaired) electrons. The monoisotopic (exact) mass is 330 g/mol. The van der Waals surface area contributed by atoms with Gasteiger partial charge in [-0.2, -0.15) is 0 Å². The first-order valence-electron chi connectivity index (χ1n) is 5.38. The zero-order valence-corrected chi connectivity index (χ0v) is 12.2. The fraction of sp³-hybridized carbons (Fsp3) is 0.0833. The summed E-state index contributed by atoms with van der Waals surface area (Å²) in [6.07, 6.45) is 0. The van der Waals surface area contributed by atoms with Gasteiger partial charge in [-0.05, 0) is 23.6 Å². The summed E-state index contributed by atoms with van der Waals surface area (Å²) in [5, 5.41) is 13.4. The minimum Gasteiger partial charge on any atom is -0.479 e. The first-order chi connectivity index (χ1) is 9.49. The molecule has 1 amide bonds. The molecule has 20 heavy (non-hydrogen) atoms. The molecule has 8 heteroatoms. The van der Waals surface area contributed by atoms with Crippen molar-refractivity contribution in [2.75, 3.05) is 0 Å². The Labute approximate surface area is 128 Å². The Kier molecular flexibility index (Phi) is 4.59. The van der Waals surface area contributed by atoms with E-state index in [-0.39, 0.29) is 15.9 Å². The van der Waals surface area contributed by atoms with E-state index in [1.165, 1.54) is 23.5 Å². The number of halogens is 2. The molecule has 2 aromatic heterocycles. The van der Waals surface area contributed by atoms with E-state index < -0.39 is 17.9 Å². The van der Waals surface area contributed by atoms with Gasteiger partial charge in [0, 0.05) is 4.88 Å². The molecule has 0 bridgehead atoms. The Hall–Kier alpha value is -1.63. The maximum atomic E-state index is 12.0. The highest BCUT2D eigenvalue weighted by Gasteiger charge is 2.24. The summed E-state index contributed by atoms with van der Waals surface area (Å²) in [6.45, 7) is 0. The number of carboxylic acids is 1. The molecule has 104 valence electrons. The van der Waals surface area contributed by atoms with Crippen LogP contribution in [0.1, 0.15) is 21.3 Å². The van der Waals surface area contributed by atoms with Gasteiger partial charge in [0.2, 0.25) is 0 Å². The average Bonchev–Trinajstić information content (AvgIpc) is 2.88. The zero-order valence-electron chi connectivity index (χ0n) is 9.84. The lowest BCUT2D eigenvalue weighted by atomic mass is 10.2. The molecule has 2 rings (SSSR count). The van der Waals surface area contributed by atoms with Crippen LogP contribution in [-0.2, 0) is 4.79 Å². The first-order valence-corrected chi connectivity index (χ1v) is 7.01. The van der Waals surface area contributed by atoms with E-state index in [9.17, 15) is 14.7 Å². The van der Waals surface area contributed by atoms with Gasteiger partial charge in [0.05, 0.1) is 5.56 Å². The van der Waals surface area contributed by atoms with Gasteiger partial charge in [-0.15, -0.1) is 11.3 Å². The topological polar surface area (TPSA) is 79.3 Å². The molecule has 1 unspecified atom stereocenters. The molecule has 0 aliphatic rings. The third kappa shape index (κ3) is 3.27. The number of rotatable bonds is 4. The van der Waals surface area contributed by atoms with Crippen LogP contribution in [0, 0.1) is 0 Å². The number of hydrogen-bond donors (Lipinski definition) is 2. The molecule has 5 nitrogen and oxygen atoms in total. The summed E-state index contributed by atoms with van der Waals surface area (Å²) < 4.78 is 0. The van der Waals surface area contributed by atoms with Gasteiger partial charge in [-0.25, -0.2) is 9.78 Å². The molecule has 1 atom stereocenters. The van der Waals surface area contributed by atoms with Crippen molar-refractivity contribution in [2.45, 2.75) is 6.04 Å². The summed E-state index contributed by atoms with van der Waals surface area (Å²) >= 11 is 12.7. The lowest BCUT2D eigenvalue weighted by Gasteiger charge is -2.13. The summed E-state index contributed by atoms with van der Waals surface area (Å²) in [5.41, 5.74) is 0.0684. The average molecular weight is 331 g/mol. The first kappa shape index (κ1) is 14.8.